The molecular formula is C19H34O4. The highest BCUT2D eigenvalue weighted by Gasteiger charge is 2.28. The number of carbonyl (C=O) groups is 2. The minimum atomic E-state index is -1.05. The highest BCUT2D eigenvalue weighted by Crippen LogP contribution is 2.27. The predicted molar refractivity (Wildman–Crippen MR) is 91.2 cm³/mol. The van der Waals surface area contributed by atoms with Crippen molar-refractivity contribution in [1.82, 2.24) is 0 Å². The first kappa shape index (κ1) is 20.0. The van der Waals surface area contributed by atoms with Gasteiger partial charge in [-0.25, -0.2) is 0 Å². The second kappa shape index (κ2) is 11.5. The fourth-order valence-corrected chi connectivity index (χ4v) is 3.32. The molecule has 0 aliphatic heterocycles. The molecule has 0 aromatic carbocycles. The van der Waals surface area contributed by atoms with Gasteiger partial charge in [-0.05, 0) is 25.7 Å². The van der Waals surface area contributed by atoms with Crippen LogP contribution in [-0.2, 0) is 14.3 Å². The Morgan fingerprint density at radius 1 is 1.09 bits per heavy atom. The van der Waals surface area contributed by atoms with E-state index in [0.29, 0.717) is 12.8 Å². The lowest BCUT2D eigenvalue weighted by Crippen LogP contribution is -2.28. The summed E-state index contributed by atoms with van der Waals surface area (Å²) >= 11 is 0. The molecule has 4 nitrogen and oxygen atoms in total. The topological polar surface area (TPSA) is 63.6 Å². The molecule has 0 heterocycles. The minimum Gasteiger partial charge on any atom is -0.481 e. The fourth-order valence-electron chi connectivity index (χ4n) is 3.32. The highest BCUT2D eigenvalue weighted by atomic mass is 16.5. The number of hydrogen-bond donors (Lipinski definition) is 1. The number of carboxylic acid groups (broad SMARTS) is 1. The van der Waals surface area contributed by atoms with Crippen LogP contribution in [-0.4, -0.2) is 23.1 Å². The lowest BCUT2D eigenvalue weighted by molar-refractivity contribution is -0.162. The molecule has 0 amide bonds. The van der Waals surface area contributed by atoms with E-state index in [2.05, 4.69) is 0 Å². The van der Waals surface area contributed by atoms with Crippen LogP contribution in [0.15, 0.2) is 0 Å². The van der Waals surface area contributed by atoms with Crippen LogP contribution >= 0.6 is 0 Å². The van der Waals surface area contributed by atoms with E-state index in [1.807, 2.05) is 6.92 Å². The third-order valence-electron chi connectivity index (χ3n) is 5.05. The number of aliphatic carboxylic acids is 1. The van der Waals surface area contributed by atoms with Crippen molar-refractivity contribution in [3.63, 3.8) is 0 Å². The van der Waals surface area contributed by atoms with Crippen molar-refractivity contribution in [2.75, 3.05) is 0 Å². The van der Waals surface area contributed by atoms with Gasteiger partial charge in [0.1, 0.15) is 0 Å². The van der Waals surface area contributed by atoms with Crippen LogP contribution in [0.5, 0.6) is 0 Å². The summed E-state index contributed by atoms with van der Waals surface area (Å²) in [7, 11) is 0. The molecule has 2 atom stereocenters. The Balaban J connectivity index is 2.22. The number of ether oxygens (including phenoxy) is 1. The Bertz CT molecular complexity index is 345. The Kier molecular flexibility index (Phi) is 9.97. The van der Waals surface area contributed by atoms with Crippen LogP contribution in [0, 0.1) is 11.8 Å². The normalized spacial score (nSPS) is 18.9. The summed E-state index contributed by atoms with van der Waals surface area (Å²) in [5.74, 6) is -1.76. The number of hydrogen-bond acceptors (Lipinski definition) is 3. The van der Waals surface area contributed by atoms with Gasteiger partial charge in [-0.3, -0.25) is 9.59 Å². The van der Waals surface area contributed by atoms with E-state index in [1.165, 1.54) is 44.9 Å². The molecule has 0 aromatic heterocycles. The van der Waals surface area contributed by atoms with Crippen LogP contribution < -0.4 is 0 Å². The average Bonchev–Trinajstić information content (AvgIpc) is 2.78. The molecule has 0 spiro atoms. The smallest absolute Gasteiger partial charge is 0.320 e. The lowest BCUT2D eigenvalue weighted by atomic mass is 9.93. The quantitative estimate of drug-likeness (QED) is 0.267. The number of esters is 1. The highest BCUT2D eigenvalue weighted by molar-refractivity contribution is 5.93. The first-order valence-electron chi connectivity index (χ1n) is 9.47. The molecule has 23 heavy (non-hydrogen) atoms. The summed E-state index contributed by atoms with van der Waals surface area (Å²) in [6.07, 6.45) is 13.3. The summed E-state index contributed by atoms with van der Waals surface area (Å²) in [4.78, 5) is 23.2. The van der Waals surface area contributed by atoms with Crippen molar-refractivity contribution in [3.8, 4) is 0 Å². The molecule has 134 valence electrons. The van der Waals surface area contributed by atoms with E-state index in [4.69, 9.17) is 4.74 Å². The maximum Gasteiger partial charge on any atom is 0.320 e. The van der Waals surface area contributed by atoms with Crippen molar-refractivity contribution in [1.29, 1.82) is 0 Å². The van der Waals surface area contributed by atoms with Crippen molar-refractivity contribution in [3.05, 3.63) is 0 Å². The molecule has 1 aliphatic carbocycles. The molecule has 1 N–H and O–H groups in total. The van der Waals surface area contributed by atoms with Gasteiger partial charge < -0.3 is 9.84 Å². The zero-order chi connectivity index (χ0) is 17.1. The van der Waals surface area contributed by atoms with E-state index >= 15 is 0 Å². The first-order chi connectivity index (χ1) is 11.0. The largest absolute Gasteiger partial charge is 0.481 e. The van der Waals surface area contributed by atoms with Crippen LogP contribution in [0.1, 0.15) is 90.9 Å². The molecule has 0 radical (unpaired) electrons. The maximum absolute atomic E-state index is 11.9. The van der Waals surface area contributed by atoms with Crippen LogP contribution in [0.2, 0.25) is 0 Å². The number of carboxylic acids is 1. The Hall–Kier alpha value is -1.06. The van der Waals surface area contributed by atoms with Gasteiger partial charge >= 0.3 is 11.9 Å². The summed E-state index contributed by atoms with van der Waals surface area (Å²) in [6.45, 7) is 3.71. The first-order valence-corrected chi connectivity index (χ1v) is 9.47. The minimum absolute atomic E-state index is 0.209. The third kappa shape index (κ3) is 8.38. The molecular weight excluding hydrogens is 292 g/mol. The molecule has 0 saturated heterocycles. The number of carbonyl (C=O) groups excluding carboxylic acids is 1. The second-order valence-corrected chi connectivity index (χ2v) is 7.04. The van der Waals surface area contributed by atoms with Crippen molar-refractivity contribution < 1.29 is 19.4 Å². The number of rotatable bonds is 10. The van der Waals surface area contributed by atoms with E-state index < -0.39 is 17.9 Å². The maximum atomic E-state index is 11.9. The Labute approximate surface area is 141 Å². The molecule has 1 aliphatic rings. The monoisotopic (exact) mass is 326 g/mol. The van der Waals surface area contributed by atoms with Crippen molar-refractivity contribution in [2.24, 2.45) is 11.8 Å². The molecule has 4 heteroatoms. The SMILES string of the molecule is CCC(C)OC(=O)C(CCCCCC1CCCCCC1)C(=O)O. The lowest BCUT2D eigenvalue weighted by Gasteiger charge is -2.16. The summed E-state index contributed by atoms with van der Waals surface area (Å²) < 4.78 is 5.17. The van der Waals surface area contributed by atoms with Crippen LogP contribution in [0.3, 0.4) is 0 Å². The molecule has 1 saturated carbocycles. The molecule has 0 bridgehead atoms. The average molecular weight is 326 g/mol. The van der Waals surface area contributed by atoms with Gasteiger partial charge in [0.2, 0.25) is 0 Å². The van der Waals surface area contributed by atoms with Crippen LogP contribution in [0.4, 0.5) is 0 Å². The molecule has 2 unspecified atom stereocenters. The van der Waals surface area contributed by atoms with Gasteiger partial charge in [-0.1, -0.05) is 71.1 Å². The summed E-state index contributed by atoms with van der Waals surface area (Å²) in [6, 6.07) is 0. The van der Waals surface area contributed by atoms with E-state index in [0.717, 1.165) is 25.2 Å². The predicted octanol–water partition coefficient (Wildman–Crippen LogP) is 4.95. The van der Waals surface area contributed by atoms with E-state index in [9.17, 15) is 14.7 Å². The van der Waals surface area contributed by atoms with Gasteiger partial charge in [0.05, 0.1) is 6.10 Å². The molecule has 1 fully saturated rings. The molecule has 1 rings (SSSR count). The zero-order valence-electron chi connectivity index (χ0n) is 14.9. The Morgan fingerprint density at radius 3 is 2.30 bits per heavy atom. The van der Waals surface area contributed by atoms with Gasteiger partial charge in [0.25, 0.3) is 0 Å². The standard InChI is InChI=1S/C19H34O4/c1-3-15(2)23-19(22)17(18(20)21)14-10-6-9-13-16-11-7-4-5-8-12-16/h15-17H,3-14H2,1-2H3,(H,20,21). The summed E-state index contributed by atoms with van der Waals surface area (Å²) in [5.41, 5.74) is 0. The van der Waals surface area contributed by atoms with Crippen molar-refractivity contribution in [2.45, 2.75) is 97.0 Å². The van der Waals surface area contributed by atoms with E-state index in [1.54, 1.807) is 6.92 Å². The van der Waals surface area contributed by atoms with Gasteiger partial charge in [-0.2, -0.15) is 0 Å². The number of unbranched alkanes of at least 4 members (excludes halogenated alkanes) is 2. The zero-order valence-corrected chi connectivity index (χ0v) is 14.9. The summed E-state index contributed by atoms with van der Waals surface area (Å²) in [5, 5.41) is 9.22. The van der Waals surface area contributed by atoms with E-state index in [-0.39, 0.29) is 6.10 Å². The van der Waals surface area contributed by atoms with Crippen LogP contribution in [0.25, 0.3) is 0 Å². The van der Waals surface area contributed by atoms with Crippen molar-refractivity contribution >= 4 is 11.9 Å². The molecule has 0 aromatic rings. The van der Waals surface area contributed by atoms with Gasteiger partial charge in [0.15, 0.2) is 5.92 Å². The van der Waals surface area contributed by atoms with Gasteiger partial charge in [-0.15, -0.1) is 0 Å². The third-order valence-corrected chi connectivity index (χ3v) is 5.05. The fraction of sp³-hybridized carbons (Fsp3) is 0.895. The Morgan fingerprint density at radius 2 is 1.74 bits per heavy atom. The van der Waals surface area contributed by atoms with Gasteiger partial charge in [0, 0.05) is 0 Å². The second-order valence-electron chi connectivity index (χ2n) is 7.04.